The highest BCUT2D eigenvalue weighted by molar-refractivity contribution is 6.29. The summed E-state index contributed by atoms with van der Waals surface area (Å²) in [7, 11) is 0. The second-order valence-electron chi connectivity index (χ2n) is 4.72. The number of aliphatic hydroxyl groups excluding tert-OH is 1. The Morgan fingerprint density at radius 3 is 2.80 bits per heavy atom. The van der Waals surface area contributed by atoms with E-state index in [-0.39, 0.29) is 12.2 Å². The van der Waals surface area contributed by atoms with Gasteiger partial charge in [0, 0.05) is 26.2 Å². The number of hydrogen-bond donors (Lipinski definition) is 2. The van der Waals surface area contributed by atoms with Gasteiger partial charge in [0.1, 0.15) is 16.5 Å². The van der Waals surface area contributed by atoms with Crippen LogP contribution in [0.2, 0.25) is 5.15 Å². The molecule has 1 fully saturated rings. The van der Waals surface area contributed by atoms with Crippen molar-refractivity contribution in [2.45, 2.75) is 6.42 Å². The summed E-state index contributed by atoms with van der Waals surface area (Å²) in [5.74, 6) is -0.573. The number of pyridine rings is 1. The molecule has 0 saturated carbocycles. The van der Waals surface area contributed by atoms with E-state index < -0.39 is 5.97 Å². The van der Waals surface area contributed by atoms with E-state index in [1.807, 2.05) is 4.90 Å². The molecule has 2 rings (SSSR count). The number of β-amino-alcohol motifs (C(OH)–C–C–N with tert-alkyl or cyclic N) is 1. The van der Waals surface area contributed by atoms with Crippen molar-refractivity contribution in [1.29, 1.82) is 0 Å². The molecule has 7 heteroatoms. The summed E-state index contributed by atoms with van der Waals surface area (Å²) in [5, 5.41) is 18.5. The predicted molar refractivity (Wildman–Crippen MR) is 76.6 cm³/mol. The number of carboxylic acid groups (broad SMARTS) is 1. The second kappa shape index (κ2) is 6.88. The van der Waals surface area contributed by atoms with Crippen LogP contribution in [-0.4, -0.2) is 65.4 Å². The molecular formula is C13H18ClN3O3. The normalized spacial score (nSPS) is 17.0. The van der Waals surface area contributed by atoms with Crippen LogP contribution in [0.4, 0.5) is 5.82 Å². The van der Waals surface area contributed by atoms with Gasteiger partial charge in [-0.2, -0.15) is 0 Å². The molecule has 20 heavy (non-hydrogen) atoms. The fraction of sp³-hybridized carbons (Fsp3) is 0.538. The van der Waals surface area contributed by atoms with Gasteiger partial charge in [0.05, 0.1) is 6.61 Å². The fourth-order valence-electron chi connectivity index (χ4n) is 2.38. The van der Waals surface area contributed by atoms with Gasteiger partial charge in [-0.15, -0.1) is 0 Å². The highest BCUT2D eigenvalue weighted by Crippen LogP contribution is 2.22. The molecule has 6 nitrogen and oxygen atoms in total. The van der Waals surface area contributed by atoms with Crippen molar-refractivity contribution in [3.05, 3.63) is 22.8 Å². The van der Waals surface area contributed by atoms with E-state index in [0.29, 0.717) is 24.1 Å². The molecule has 0 spiro atoms. The second-order valence-corrected chi connectivity index (χ2v) is 5.10. The van der Waals surface area contributed by atoms with E-state index in [0.717, 1.165) is 26.1 Å². The quantitative estimate of drug-likeness (QED) is 0.806. The first kappa shape index (κ1) is 15.0. The molecule has 0 bridgehead atoms. The topological polar surface area (TPSA) is 76.9 Å². The van der Waals surface area contributed by atoms with Crippen LogP contribution >= 0.6 is 11.6 Å². The van der Waals surface area contributed by atoms with Crippen LogP contribution in [0.15, 0.2) is 12.1 Å². The Morgan fingerprint density at radius 2 is 2.10 bits per heavy atom. The minimum absolute atomic E-state index is 0.135. The number of rotatable bonds is 4. The molecule has 0 unspecified atom stereocenters. The maximum atomic E-state index is 11.3. The zero-order valence-electron chi connectivity index (χ0n) is 11.1. The molecule has 110 valence electrons. The van der Waals surface area contributed by atoms with Crippen molar-refractivity contribution in [2.75, 3.05) is 44.2 Å². The maximum absolute atomic E-state index is 11.3. The molecule has 1 aliphatic heterocycles. The molecule has 0 aromatic carbocycles. The van der Waals surface area contributed by atoms with Gasteiger partial charge in [0.2, 0.25) is 0 Å². The number of hydrogen-bond acceptors (Lipinski definition) is 5. The van der Waals surface area contributed by atoms with Crippen molar-refractivity contribution < 1.29 is 15.0 Å². The number of aliphatic hydroxyl groups is 1. The third-order valence-electron chi connectivity index (χ3n) is 3.38. The van der Waals surface area contributed by atoms with Crippen LogP contribution in [0, 0.1) is 0 Å². The summed E-state index contributed by atoms with van der Waals surface area (Å²) in [6.45, 7) is 3.84. The van der Waals surface area contributed by atoms with E-state index in [4.69, 9.17) is 16.7 Å². The minimum Gasteiger partial charge on any atom is -0.478 e. The van der Waals surface area contributed by atoms with Gasteiger partial charge in [-0.25, -0.2) is 9.78 Å². The van der Waals surface area contributed by atoms with Gasteiger partial charge in [-0.3, -0.25) is 4.90 Å². The Labute approximate surface area is 122 Å². The van der Waals surface area contributed by atoms with E-state index in [1.165, 1.54) is 12.1 Å². The molecule has 0 aliphatic carbocycles. The SMILES string of the molecule is O=C(O)c1ccc(Cl)nc1N1CCCN(CCO)CC1. The minimum atomic E-state index is -0.999. The number of halogens is 1. The Kier molecular flexibility index (Phi) is 5.17. The van der Waals surface area contributed by atoms with Crippen LogP contribution in [0.1, 0.15) is 16.8 Å². The van der Waals surface area contributed by atoms with Crippen LogP contribution in [0.3, 0.4) is 0 Å². The van der Waals surface area contributed by atoms with Crippen molar-refractivity contribution in [3.8, 4) is 0 Å². The van der Waals surface area contributed by atoms with Crippen LogP contribution in [0.25, 0.3) is 0 Å². The monoisotopic (exact) mass is 299 g/mol. The van der Waals surface area contributed by atoms with Crippen LogP contribution < -0.4 is 4.90 Å². The first-order valence-electron chi connectivity index (χ1n) is 6.60. The van der Waals surface area contributed by atoms with Crippen molar-refractivity contribution in [2.24, 2.45) is 0 Å². The van der Waals surface area contributed by atoms with E-state index >= 15 is 0 Å². The number of nitrogens with zero attached hydrogens (tertiary/aromatic N) is 3. The Morgan fingerprint density at radius 1 is 1.30 bits per heavy atom. The summed E-state index contributed by atoms with van der Waals surface area (Å²) in [6.07, 6.45) is 0.896. The van der Waals surface area contributed by atoms with E-state index in [1.54, 1.807) is 0 Å². The van der Waals surface area contributed by atoms with Gasteiger partial charge in [0.15, 0.2) is 0 Å². The van der Waals surface area contributed by atoms with Crippen LogP contribution in [0.5, 0.6) is 0 Å². The molecule has 2 N–H and O–H groups in total. The summed E-state index contributed by atoms with van der Waals surface area (Å²) in [4.78, 5) is 19.6. The molecule has 0 amide bonds. The van der Waals surface area contributed by atoms with Gasteiger partial charge in [0.25, 0.3) is 0 Å². The first-order valence-corrected chi connectivity index (χ1v) is 6.97. The molecule has 2 heterocycles. The van der Waals surface area contributed by atoms with Crippen molar-refractivity contribution >= 4 is 23.4 Å². The Bertz CT molecular complexity index is 484. The lowest BCUT2D eigenvalue weighted by molar-refractivity contribution is 0.0697. The highest BCUT2D eigenvalue weighted by atomic mass is 35.5. The average molecular weight is 300 g/mol. The molecule has 1 aromatic heterocycles. The van der Waals surface area contributed by atoms with Crippen LogP contribution in [-0.2, 0) is 0 Å². The Hall–Kier alpha value is -1.37. The molecular weight excluding hydrogens is 282 g/mol. The lowest BCUT2D eigenvalue weighted by Crippen LogP contribution is -2.33. The molecule has 0 radical (unpaired) electrons. The highest BCUT2D eigenvalue weighted by Gasteiger charge is 2.21. The number of carbonyl (C=O) groups is 1. The summed E-state index contributed by atoms with van der Waals surface area (Å²) >= 11 is 5.89. The fourth-order valence-corrected chi connectivity index (χ4v) is 2.52. The zero-order chi connectivity index (χ0) is 14.5. The van der Waals surface area contributed by atoms with E-state index in [2.05, 4.69) is 9.88 Å². The summed E-state index contributed by atoms with van der Waals surface area (Å²) in [6, 6.07) is 2.98. The number of anilines is 1. The third kappa shape index (κ3) is 3.59. The lowest BCUT2D eigenvalue weighted by Gasteiger charge is -2.23. The molecule has 0 atom stereocenters. The standard InChI is InChI=1S/C13H18ClN3O3/c14-11-3-2-10(13(19)20)12(15-11)17-5-1-4-16(6-7-17)8-9-18/h2-3,18H,1,4-9H2,(H,19,20). The largest absolute Gasteiger partial charge is 0.478 e. The third-order valence-corrected chi connectivity index (χ3v) is 3.59. The van der Waals surface area contributed by atoms with Crippen molar-refractivity contribution in [1.82, 2.24) is 9.88 Å². The van der Waals surface area contributed by atoms with Gasteiger partial charge in [-0.1, -0.05) is 11.6 Å². The number of aromatic nitrogens is 1. The summed E-state index contributed by atoms with van der Waals surface area (Å²) in [5.41, 5.74) is 0.171. The van der Waals surface area contributed by atoms with Gasteiger partial charge < -0.3 is 15.1 Å². The van der Waals surface area contributed by atoms with Crippen molar-refractivity contribution in [3.63, 3.8) is 0 Å². The zero-order valence-corrected chi connectivity index (χ0v) is 11.9. The molecule has 1 aliphatic rings. The first-order chi connectivity index (χ1) is 9.61. The maximum Gasteiger partial charge on any atom is 0.339 e. The Balaban J connectivity index is 2.18. The van der Waals surface area contributed by atoms with Gasteiger partial charge >= 0.3 is 5.97 Å². The summed E-state index contributed by atoms with van der Waals surface area (Å²) < 4.78 is 0. The van der Waals surface area contributed by atoms with E-state index in [9.17, 15) is 9.90 Å². The lowest BCUT2D eigenvalue weighted by atomic mass is 10.2. The predicted octanol–water partition coefficient (Wildman–Crippen LogP) is 0.938. The molecule has 1 saturated heterocycles. The number of carboxylic acids is 1. The smallest absolute Gasteiger partial charge is 0.339 e. The molecule has 1 aromatic rings. The average Bonchev–Trinajstić information content (AvgIpc) is 2.64. The number of aromatic carboxylic acids is 1. The van der Waals surface area contributed by atoms with Gasteiger partial charge in [-0.05, 0) is 25.1 Å².